The second kappa shape index (κ2) is 11.5. The first-order chi connectivity index (χ1) is 17.9. The van der Waals surface area contributed by atoms with E-state index in [9.17, 15) is 19.2 Å². The summed E-state index contributed by atoms with van der Waals surface area (Å²) in [5, 5.41) is 2.29. The third-order valence-electron chi connectivity index (χ3n) is 5.69. The quantitative estimate of drug-likeness (QED) is 0.164. The van der Waals surface area contributed by atoms with Gasteiger partial charge in [-0.15, -0.1) is 0 Å². The van der Waals surface area contributed by atoms with Crippen LogP contribution in [0.5, 0.6) is 0 Å². The predicted molar refractivity (Wildman–Crippen MR) is 139 cm³/mol. The van der Waals surface area contributed by atoms with Crippen LogP contribution in [0.15, 0.2) is 72.8 Å². The molecule has 0 fully saturated rings. The lowest BCUT2D eigenvalue weighted by Gasteiger charge is -2.12. The first-order valence-electron chi connectivity index (χ1n) is 12.1. The van der Waals surface area contributed by atoms with Gasteiger partial charge in [-0.1, -0.05) is 62.4 Å². The summed E-state index contributed by atoms with van der Waals surface area (Å²) < 4.78 is 15.7. The number of hydrogen-bond donors (Lipinski definition) is 0. The Labute approximate surface area is 213 Å². The van der Waals surface area contributed by atoms with E-state index in [0.29, 0.717) is 34.4 Å². The lowest BCUT2D eigenvalue weighted by Crippen LogP contribution is -2.16. The van der Waals surface area contributed by atoms with E-state index in [1.54, 1.807) is 60.7 Å². The molecule has 0 aliphatic heterocycles. The molecule has 37 heavy (non-hydrogen) atoms. The van der Waals surface area contributed by atoms with Gasteiger partial charge in [0.25, 0.3) is 0 Å². The smallest absolute Gasteiger partial charge is 0.346 e. The van der Waals surface area contributed by atoms with Gasteiger partial charge in [-0.2, -0.15) is 0 Å². The molecule has 4 rings (SSSR count). The number of esters is 4. The van der Waals surface area contributed by atoms with E-state index in [0.717, 1.165) is 0 Å². The van der Waals surface area contributed by atoms with Crippen molar-refractivity contribution < 1.29 is 33.4 Å². The number of rotatable bonds is 8. The zero-order chi connectivity index (χ0) is 26.4. The molecule has 0 aromatic heterocycles. The number of carbonyl (C=O) groups is 4. The van der Waals surface area contributed by atoms with Crippen molar-refractivity contribution in [3.8, 4) is 0 Å². The summed E-state index contributed by atoms with van der Waals surface area (Å²) in [5.41, 5.74) is 0.464. The van der Waals surface area contributed by atoms with Crippen LogP contribution in [0.1, 0.15) is 68.1 Å². The van der Waals surface area contributed by atoms with Crippen LogP contribution >= 0.6 is 0 Å². The highest BCUT2D eigenvalue weighted by atomic mass is 16.6. The van der Waals surface area contributed by atoms with Gasteiger partial charge in [-0.05, 0) is 58.7 Å². The molecule has 0 saturated carbocycles. The van der Waals surface area contributed by atoms with Crippen LogP contribution in [0.2, 0.25) is 0 Å². The maximum atomic E-state index is 13.2. The zero-order valence-electron chi connectivity index (χ0n) is 20.6. The molecule has 0 heterocycles. The van der Waals surface area contributed by atoms with Gasteiger partial charge in [0.05, 0.1) is 35.5 Å². The van der Waals surface area contributed by atoms with Gasteiger partial charge in [0.15, 0.2) is 0 Å². The van der Waals surface area contributed by atoms with Crippen molar-refractivity contribution in [2.24, 2.45) is 0 Å². The Kier molecular flexibility index (Phi) is 7.93. The van der Waals surface area contributed by atoms with Crippen molar-refractivity contribution >= 4 is 45.4 Å². The summed E-state index contributed by atoms with van der Waals surface area (Å²) in [7, 11) is 0. The third-order valence-corrected chi connectivity index (χ3v) is 5.69. The molecule has 7 nitrogen and oxygen atoms in total. The van der Waals surface area contributed by atoms with Gasteiger partial charge in [0.2, 0.25) is 0 Å². The minimum Gasteiger partial charge on any atom is -0.462 e. The SMILES string of the molecule is CCCOC(=O)c1cc(C(=O)OC(=O)c2cc(C(=O)OCCC)cc3ccccc23)c2ccccc2c1. The molecule has 0 aliphatic rings. The van der Waals surface area contributed by atoms with Crippen LogP contribution in [0.3, 0.4) is 0 Å². The molecule has 0 radical (unpaired) electrons. The Morgan fingerprint density at radius 3 is 1.38 bits per heavy atom. The average Bonchev–Trinajstić information content (AvgIpc) is 2.93. The number of hydrogen-bond acceptors (Lipinski definition) is 7. The second-order valence-corrected chi connectivity index (χ2v) is 8.44. The van der Waals surface area contributed by atoms with Crippen LogP contribution in [-0.4, -0.2) is 37.1 Å². The number of carbonyl (C=O) groups excluding carboxylic acids is 4. The summed E-state index contributed by atoms with van der Waals surface area (Å²) >= 11 is 0. The van der Waals surface area contributed by atoms with Gasteiger partial charge in [-0.3, -0.25) is 0 Å². The molecule has 0 unspecified atom stereocenters. The normalized spacial score (nSPS) is 10.8. The van der Waals surface area contributed by atoms with Crippen LogP contribution in [0.25, 0.3) is 21.5 Å². The highest BCUT2D eigenvalue weighted by Crippen LogP contribution is 2.26. The monoisotopic (exact) mass is 498 g/mol. The molecule has 0 spiro atoms. The lowest BCUT2D eigenvalue weighted by atomic mass is 10.00. The Balaban J connectivity index is 1.70. The van der Waals surface area contributed by atoms with Gasteiger partial charge in [-0.25, -0.2) is 19.2 Å². The standard InChI is InChI=1S/C30H26O7/c1-3-13-35-27(31)21-15-19-9-5-7-11-23(19)25(17-21)29(33)37-30(34)26-18-22(28(32)36-14-4-2)16-20-10-6-8-12-24(20)26/h5-12,15-18H,3-4,13-14H2,1-2H3. The Bertz CT molecular complexity index is 1390. The first-order valence-corrected chi connectivity index (χ1v) is 12.1. The van der Waals surface area contributed by atoms with Crippen LogP contribution in [0, 0.1) is 0 Å². The Morgan fingerprint density at radius 2 is 0.973 bits per heavy atom. The fraction of sp³-hybridized carbons (Fsp3) is 0.200. The molecule has 0 atom stereocenters. The summed E-state index contributed by atoms with van der Waals surface area (Å²) in [6.45, 7) is 4.25. The number of benzene rings is 4. The zero-order valence-corrected chi connectivity index (χ0v) is 20.6. The molecule has 7 heteroatoms. The summed E-state index contributed by atoms with van der Waals surface area (Å²) in [6, 6.07) is 20.0. The summed E-state index contributed by atoms with van der Waals surface area (Å²) in [6.07, 6.45) is 1.31. The van der Waals surface area contributed by atoms with Gasteiger partial charge >= 0.3 is 23.9 Å². The highest BCUT2D eigenvalue weighted by Gasteiger charge is 2.23. The molecule has 0 aliphatic carbocycles. The van der Waals surface area contributed by atoms with Crippen LogP contribution in [0.4, 0.5) is 0 Å². The minimum atomic E-state index is -0.922. The summed E-state index contributed by atoms with van der Waals surface area (Å²) in [5.74, 6) is -2.99. The topological polar surface area (TPSA) is 96.0 Å². The molecule has 0 amide bonds. The van der Waals surface area contributed by atoms with Gasteiger partial charge < -0.3 is 14.2 Å². The van der Waals surface area contributed by atoms with E-state index in [1.165, 1.54) is 12.1 Å². The second-order valence-electron chi connectivity index (χ2n) is 8.44. The van der Waals surface area contributed by atoms with E-state index in [4.69, 9.17) is 14.2 Å². The molecular formula is C30H26O7. The molecule has 0 bridgehead atoms. The average molecular weight is 499 g/mol. The predicted octanol–water partition coefficient (Wildman–Crippen LogP) is 6.12. The molecule has 0 saturated heterocycles. The summed E-state index contributed by atoms with van der Waals surface area (Å²) in [4.78, 5) is 51.5. The largest absolute Gasteiger partial charge is 0.462 e. The third kappa shape index (κ3) is 5.67. The van der Waals surface area contributed by atoms with E-state index in [1.807, 2.05) is 13.8 Å². The fourth-order valence-corrected chi connectivity index (χ4v) is 3.95. The van der Waals surface area contributed by atoms with Gasteiger partial charge in [0, 0.05) is 0 Å². The lowest BCUT2D eigenvalue weighted by molar-refractivity contribution is 0.0400. The van der Waals surface area contributed by atoms with E-state index in [-0.39, 0.29) is 35.5 Å². The molecule has 188 valence electrons. The Morgan fingerprint density at radius 1 is 0.568 bits per heavy atom. The van der Waals surface area contributed by atoms with Crippen molar-refractivity contribution in [3.05, 3.63) is 95.1 Å². The van der Waals surface area contributed by atoms with Crippen LogP contribution < -0.4 is 0 Å². The maximum absolute atomic E-state index is 13.2. The van der Waals surface area contributed by atoms with E-state index in [2.05, 4.69) is 0 Å². The van der Waals surface area contributed by atoms with E-state index >= 15 is 0 Å². The van der Waals surface area contributed by atoms with Gasteiger partial charge in [0.1, 0.15) is 0 Å². The molecule has 4 aromatic carbocycles. The fourth-order valence-electron chi connectivity index (χ4n) is 3.95. The maximum Gasteiger partial charge on any atom is 0.346 e. The molecule has 4 aromatic rings. The first kappa shape index (κ1) is 25.6. The van der Waals surface area contributed by atoms with E-state index < -0.39 is 23.9 Å². The van der Waals surface area contributed by atoms with Crippen molar-refractivity contribution in [1.82, 2.24) is 0 Å². The van der Waals surface area contributed by atoms with Crippen LogP contribution in [-0.2, 0) is 14.2 Å². The van der Waals surface area contributed by atoms with Crippen molar-refractivity contribution in [2.45, 2.75) is 26.7 Å². The molecular weight excluding hydrogens is 472 g/mol. The molecule has 0 N–H and O–H groups in total. The Hall–Kier alpha value is -4.52. The van der Waals surface area contributed by atoms with Crippen molar-refractivity contribution in [1.29, 1.82) is 0 Å². The minimum absolute atomic E-state index is 0.0534. The number of ether oxygens (including phenoxy) is 3. The number of fused-ring (bicyclic) bond motifs is 2. The highest BCUT2D eigenvalue weighted by molar-refractivity contribution is 6.15. The van der Waals surface area contributed by atoms with Crippen molar-refractivity contribution in [2.75, 3.05) is 13.2 Å². The van der Waals surface area contributed by atoms with Crippen molar-refractivity contribution in [3.63, 3.8) is 0 Å².